The molecule has 1 aromatic carbocycles. The van der Waals surface area contributed by atoms with Crippen LogP contribution < -0.4 is 5.11 Å². The summed E-state index contributed by atoms with van der Waals surface area (Å²) in [5.74, 6) is -1.86. The molecule has 2 rings (SSSR count). The highest BCUT2D eigenvalue weighted by atomic mass is 16.5. The van der Waals surface area contributed by atoms with E-state index < -0.39 is 11.9 Å². The number of carboxylic acid groups (broad SMARTS) is 1. The number of aromatic carboxylic acids is 1. The number of methoxy groups -OCH3 is 1. The highest BCUT2D eigenvalue weighted by Crippen LogP contribution is 2.17. The number of H-pyrrole nitrogens is 1. The Morgan fingerprint density at radius 2 is 2.19 bits per heavy atom. The highest BCUT2D eigenvalue weighted by Gasteiger charge is 2.10. The summed E-state index contributed by atoms with van der Waals surface area (Å²) in [7, 11) is 1.27. The maximum Gasteiger partial charge on any atom is 0.337 e. The number of ether oxygens (including phenoxy) is 1. The number of fused-ring (bicyclic) bond motifs is 1. The molecule has 0 bridgehead atoms. The zero-order chi connectivity index (χ0) is 11.7. The van der Waals surface area contributed by atoms with E-state index in [9.17, 15) is 14.7 Å². The molecule has 0 spiro atoms. The van der Waals surface area contributed by atoms with Crippen molar-refractivity contribution in [2.24, 2.45) is 0 Å². The van der Waals surface area contributed by atoms with Crippen LogP contribution in [0.3, 0.4) is 0 Å². The van der Waals surface area contributed by atoms with E-state index in [0.717, 1.165) is 0 Å². The number of nitrogens with one attached hydrogen (secondary N) is 1. The molecule has 0 fully saturated rings. The van der Waals surface area contributed by atoms with Crippen molar-refractivity contribution in [2.75, 3.05) is 7.11 Å². The lowest BCUT2D eigenvalue weighted by Crippen LogP contribution is -2.22. The Morgan fingerprint density at radius 1 is 1.44 bits per heavy atom. The van der Waals surface area contributed by atoms with Gasteiger partial charge in [0.25, 0.3) is 0 Å². The third kappa shape index (κ3) is 1.50. The molecule has 6 nitrogen and oxygen atoms in total. The average Bonchev–Trinajstić information content (AvgIpc) is 2.70. The maximum atomic E-state index is 11.2. The number of aromatic nitrogens is 2. The third-order valence-corrected chi connectivity index (χ3v) is 2.18. The summed E-state index contributed by atoms with van der Waals surface area (Å²) in [5, 5.41) is 17.2. The van der Waals surface area contributed by atoms with Gasteiger partial charge in [0, 0.05) is 5.39 Å². The number of rotatable bonds is 2. The fourth-order valence-corrected chi connectivity index (χ4v) is 1.42. The summed E-state index contributed by atoms with van der Waals surface area (Å²) >= 11 is 0. The van der Waals surface area contributed by atoms with Crippen LogP contribution in [0, 0.1) is 0 Å². The van der Waals surface area contributed by atoms with Gasteiger partial charge < -0.3 is 14.6 Å². The molecule has 0 aliphatic rings. The van der Waals surface area contributed by atoms with Crippen molar-refractivity contribution in [1.29, 1.82) is 0 Å². The molecule has 0 saturated heterocycles. The Balaban J connectivity index is 2.57. The van der Waals surface area contributed by atoms with Crippen molar-refractivity contribution < 1.29 is 19.4 Å². The van der Waals surface area contributed by atoms with Crippen molar-refractivity contribution in [2.45, 2.75) is 0 Å². The lowest BCUT2D eigenvalue weighted by Gasteiger charge is -1.99. The minimum Gasteiger partial charge on any atom is -0.543 e. The second-order valence-corrected chi connectivity index (χ2v) is 3.11. The van der Waals surface area contributed by atoms with Crippen molar-refractivity contribution in [3.05, 3.63) is 29.5 Å². The first-order chi connectivity index (χ1) is 7.63. The molecule has 0 amide bonds. The molecule has 0 unspecified atom stereocenters. The van der Waals surface area contributed by atoms with Crippen molar-refractivity contribution in [3.63, 3.8) is 0 Å². The van der Waals surface area contributed by atoms with Crippen molar-refractivity contribution in [1.82, 2.24) is 10.2 Å². The zero-order valence-electron chi connectivity index (χ0n) is 8.31. The minimum atomic E-state index is -1.36. The number of esters is 1. The van der Waals surface area contributed by atoms with Crippen molar-refractivity contribution >= 4 is 22.8 Å². The van der Waals surface area contributed by atoms with E-state index in [0.29, 0.717) is 16.5 Å². The van der Waals surface area contributed by atoms with Crippen LogP contribution in [0.4, 0.5) is 0 Å². The van der Waals surface area contributed by atoms with Gasteiger partial charge in [-0.25, -0.2) is 4.79 Å². The fourth-order valence-electron chi connectivity index (χ4n) is 1.42. The van der Waals surface area contributed by atoms with Crippen molar-refractivity contribution in [3.8, 4) is 0 Å². The van der Waals surface area contributed by atoms with Crippen LogP contribution in [0.2, 0.25) is 0 Å². The van der Waals surface area contributed by atoms with Gasteiger partial charge in [-0.2, -0.15) is 5.10 Å². The number of aromatic amines is 1. The number of hydrogen-bond donors (Lipinski definition) is 1. The van der Waals surface area contributed by atoms with Crippen LogP contribution in [0.15, 0.2) is 18.2 Å². The van der Waals surface area contributed by atoms with E-state index >= 15 is 0 Å². The summed E-state index contributed by atoms with van der Waals surface area (Å²) in [6, 6.07) is 4.42. The molecular weight excluding hydrogens is 212 g/mol. The van der Waals surface area contributed by atoms with Gasteiger partial charge in [-0.05, 0) is 18.2 Å². The van der Waals surface area contributed by atoms with E-state index in [-0.39, 0.29) is 5.69 Å². The Hall–Kier alpha value is -2.37. The van der Waals surface area contributed by atoms with E-state index in [2.05, 4.69) is 14.9 Å². The van der Waals surface area contributed by atoms with Gasteiger partial charge in [0.1, 0.15) is 5.69 Å². The number of hydrogen-bond acceptors (Lipinski definition) is 5. The van der Waals surface area contributed by atoms with Gasteiger partial charge in [-0.1, -0.05) is 0 Å². The van der Waals surface area contributed by atoms with Gasteiger partial charge in [0.05, 0.1) is 24.2 Å². The topological polar surface area (TPSA) is 95.1 Å². The largest absolute Gasteiger partial charge is 0.543 e. The number of carboxylic acids is 1. The quantitative estimate of drug-likeness (QED) is 0.700. The number of benzene rings is 1. The third-order valence-electron chi connectivity index (χ3n) is 2.18. The molecule has 82 valence electrons. The second-order valence-electron chi connectivity index (χ2n) is 3.11. The monoisotopic (exact) mass is 219 g/mol. The number of carbonyl (C=O) groups excluding carboxylic acids is 2. The molecule has 16 heavy (non-hydrogen) atoms. The minimum absolute atomic E-state index is 0.175. The molecule has 0 radical (unpaired) electrons. The average molecular weight is 219 g/mol. The van der Waals surface area contributed by atoms with Crippen LogP contribution >= 0.6 is 0 Å². The molecule has 0 saturated carbocycles. The van der Waals surface area contributed by atoms with Gasteiger partial charge >= 0.3 is 5.97 Å². The van der Waals surface area contributed by atoms with Crippen LogP contribution in [0.5, 0.6) is 0 Å². The first-order valence-corrected chi connectivity index (χ1v) is 4.41. The zero-order valence-corrected chi connectivity index (χ0v) is 8.31. The van der Waals surface area contributed by atoms with Crippen LogP contribution in [0.1, 0.15) is 20.8 Å². The molecule has 0 aliphatic heterocycles. The predicted molar refractivity (Wildman–Crippen MR) is 51.8 cm³/mol. The van der Waals surface area contributed by atoms with E-state index in [1.54, 1.807) is 0 Å². The van der Waals surface area contributed by atoms with E-state index in [4.69, 9.17) is 0 Å². The molecule has 1 N–H and O–H groups in total. The first kappa shape index (κ1) is 10.2. The maximum absolute atomic E-state index is 11.2. The summed E-state index contributed by atoms with van der Waals surface area (Å²) in [4.78, 5) is 21.9. The summed E-state index contributed by atoms with van der Waals surface area (Å²) in [6.07, 6.45) is 0. The van der Waals surface area contributed by atoms with Gasteiger partial charge in [-0.15, -0.1) is 0 Å². The smallest absolute Gasteiger partial charge is 0.337 e. The Kier molecular flexibility index (Phi) is 2.32. The molecule has 0 aliphatic carbocycles. The lowest BCUT2D eigenvalue weighted by atomic mass is 10.1. The van der Waals surface area contributed by atoms with E-state index in [1.165, 1.54) is 25.3 Å². The molecule has 1 aromatic heterocycles. The molecule has 2 aromatic rings. The van der Waals surface area contributed by atoms with Gasteiger partial charge in [0.15, 0.2) is 0 Å². The molecule has 1 heterocycles. The second kappa shape index (κ2) is 3.65. The molecule has 0 atom stereocenters. The predicted octanol–water partition coefficient (Wildman–Crippen LogP) is -0.287. The standard InChI is InChI=1S/C10H8N2O4/c1-16-10(15)5-2-3-6-7(4-5)11-12-8(6)9(13)14/h2-4H,1H3,(H,11,12)(H,13,14)/p-1. The summed E-state index contributed by atoms with van der Waals surface area (Å²) < 4.78 is 4.54. The number of carbonyl (C=O) groups is 2. The Bertz CT molecular complexity index is 573. The normalized spacial score (nSPS) is 10.3. The lowest BCUT2D eigenvalue weighted by molar-refractivity contribution is -0.255. The van der Waals surface area contributed by atoms with Crippen LogP contribution in [-0.2, 0) is 4.74 Å². The number of nitrogens with zero attached hydrogens (tertiary/aromatic N) is 1. The molecule has 6 heteroatoms. The van der Waals surface area contributed by atoms with E-state index in [1.807, 2.05) is 0 Å². The van der Waals surface area contributed by atoms with Crippen LogP contribution in [0.25, 0.3) is 10.9 Å². The van der Waals surface area contributed by atoms with Crippen LogP contribution in [-0.4, -0.2) is 29.2 Å². The Labute approximate surface area is 89.8 Å². The first-order valence-electron chi connectivity index (χ1n) is 4.41. The fraction of sp³-hybridized carbons (Fsp3) is 0.100. The SMILES string of the molecule is COC(=O)c1ccc2c(C(=O)[O-])n[nH]c2c1. The van der Waals surface area contributed by atoms with Gasteiger partial charge in [-0.3, -0.25) is 5.10 Å². The highest BCUT2D eigenvalue weighted by molar-refractivity contribution is 6.02. The Morgan fingerprint density at radius 3 is 2.81 bits per heavy atom. The molecular formula is C10H7N2O4-. The van der Waals surface area contributed by atoms with Gasteiger partial charge in [0.2, 0.25) is 0 Å². The summed E-state index contributed by atoms with van der Waals surface area (Å²) in [5.41, 5.74) is 0.595. The summed E-state index contributed by atoms with van der Waals surface area (Å²) in [6.45, 7) is 0.